The number of hydrogen-bond acceptors (Lipinski definition) is 2. The molecule has 0 aliphatic heterocycles. The van der Waals surface area contributed by atoms with Gasteiger partial charge < -0.3 is 9.32 Å². The van der Waals surface area contributed by atoms with E-state index in [2.05, 4.69) is 0 Å². The molecule has 0 bridgehead atoms. The van der Waals surface area contributed by atoms with Crippen LogP contribution in [-0.4, -0.2) is 0 Å². The van der Waals surface area contributed by atoms with Gasteiger partial charge in [-0.25, -0.2) is 0 Å². The lowest BCUT2D eigenvalue weighted by Gasteiger charge is -2.27. The molecule has 2 heteroatoms. The summed E-state index contributed by atoms with van der Waals surface area (Å²) in [5, 5.41) is 3.72. The summed E-state index contributed by atoms with van der Waals surface area (Å²) in [4.78, 5) is 1.68. The van der Waals surface area contributed by atoms with Crippen molar-refractivity contribution in [3.63, 3.8) is 0 Å². The third-order valence-electron chi connectivity index (χ3n) is 7.43. The van der Waals surface area contributed by atoms with Gasteiger partial charge in [-0.05, 0) is 58.4 Å². The van der Waals surface area contributed by atoms with Crippen molar-refractivity contribution in [3.05, 3.63) is 164 Å². The van der Waals surface area contributed by atoms with Crippen molar-refractivity contribution in [2.45, 2.75) is 0 Å². The second-order valence-electron chi connectivity index (χ2n) is 9.88. The Morgan fingerprint density at radius 1 is 0.476 bits per heavy atom. The van der Waals surface area contributed by atoms with Gasteiger partial charge in [-0.1, -0.05) is 127 Å². The molecule has 0 saturated heterocycles. The van der Waals surface area contributed by atoms with E-state index in [1.165, 1.54) is 0 Å². The van der Waals surface area contributed by atoms with Crippen LogP contribution in [0.1, 0.15) is 12.3 Å². The molecule has 7 aromatic carbocycles. The number of para-hydroxylation sites is 2. The smallest absolute Gasteiger partial charge is 0.143 e. The van der Waals surface area contributed by atoms with Crippen molar-refractivity contribution < 1.29 is 16.8 Å². The molecule has 0 unspecified atom stereocenters. The summed E-state index contributed by atoms with van der Waals surface area (Å²) in [6, 6.07) is 29.8. The fraction of sp³-hybridized carbons (Fsp3) is 0. The Bertz CT molecular complexity index is 2640. The van der Waals surface area contributed by atoms with Crippen molar-refractivity contribution in [1.29, 1.82) is 0 Å². The number of nitrogens with zero attached hydrogens (tertiary/aromatic N) is 1. The van der Waals surface area contributed by atoms with Crippen LogP contribution in [0.25, 0.3) is 55.0 Å². The van der Waals surface area contributed by atoms with Crippen molar-refractivity contribution in [3.8, 4) is 22.3 Å². The molecule has 0 aliphatic carbocycles. The van der Waals surface area contributed by atoms with Gasteiger partial charge in [0, 0.05) is 33.1 Å². The monoisotopic (exact) mass is 546 g/mol. The minimum Gasteiger partial charge on any atom is -0.455 e. The molecule has 0 N–H and O–H groups in total. The van der Waals surface area contributed by atoms with Gasteiger partial charge in [0.2, 0.25) is 0 Å². The van der Waals surface area contributed by atoms with Crippen LogP contribution in [0, 0.1) is 0 Å². The quantitative estimate of drug-likeness (QED) is 0.213. The summed E-state index contributed by atoms with van der Waals surface area (Å²) in [5.41, 5.74) is 3.67. The minimum absolute atomic E-state index is 0.0513. The minimum atomic E-state index is -0.622. The van der Waals surface area contributed by atoms with E-state index in [4.69, 9.17) is 14.0 Å². The summed E-state index contributed by atoms with van der Waals surface area (Å²) in [6.45, 7) is 0. The zero-order valence-electron chi connectivity index (χ0n) is 31.2. The number of benzene rings is 7. The second kappa shape index (κ2) is 10.1. The number of fused-ring (bicyclic) bond motifs is 4. The third kappa shape index (κ3) is 4.13. The molecule has 8 aromatic rings. The average Bonchev–Trinajstić information content (AvgIpc) is 3.54. The zero-order valence-corrected chi connectivity index (χ0v) is 22.2. The van der Waals surface area contributed by atoms with E-state index < -0.39 is 54.4 Å². The van der Waals surface area contributed by atoms with E-state index in [1.54, 1.807) is 4.90 Å². The maximum Gasteiger partial charge on any atom is 0.143 e. The first-order valence-electron chi connectivity index (χ1n) is 18.0. The predicted octanol–water partition coefficient (Wildman–Crippen LogP) is 11.5. The third-order valence-corrected chi connectivity index (χ3v) is 7.43. The van der Waals surface area contributed by atoms with Crippen LogP contribution in [-0.2, 0) is 0 Å². The topological polar surface area (TPSA) is 16.4 Å². The molecule has 0 spiro atoms. The van der Waals surface area contributed by atoms with Crippen molar-refractivity contribution in [1.82, 2.24) is 0 Å². The molecule has 0 fully saturated rings. The van der Waals surface area contributed by atoms with Gasteiger partial charge in [-0.3, -0.25) is 0 Å². The van der Waals surface area contributed by atoms with Crippen molar-refractivity contribution in [2.24, 2.45) is 0 Å². The standard InChI is InChI=1S/C40H27NO/c1-2-10-28(11-3-1)29-20-24-32(25-21-29)41(38-18-8-13-30-12-4-5-14-34(30)38)33-26-22-31(23-27-33)35-16-9-17-37-36-15-6-7-19-39(36)42-40(35)37/h1-27H/i1D,2D,3D,10D,11D,20D,21D,24D,25D. The highest BCUT2D eigenvalue weighted by molar-refractivity contribution is 6.09. The van der Waals surface area contributed by atoms with Crippen LogP contribution in [0.4, 0.5) is 17.1 Å². The fourth-order valence-corrected chi connectivity index (χ4v) is 5.47. The van der Waals surface area contributed by atoms with E-state index in [-0.39, 0.29) is 16.8 Å². The lowest BCUT2D eigenvalue weighted by atomic mass is 10.0. The number of anilines is 3. The Hall–Kier alpha value is -5.60. The van der Waals surface area contributed by atoms with Gasteiger partial charge in [-0.2, -0.15) is 0 Å². The molecule has 0 saturated carbocycles. The van der Waals surface area contributed by atoms with Gasteiger partial charge in [0.1, 0.15) is 11.2 Å². The normalized spacial score (nSPS) is 14.3. The summed E-state index contributed by atoms with van der Waals surface area (Å²) in [7, 11) is 0. The Morgan fingerprint density at radius 2 is 1.14 bits per heavy atom. The molecule has 8 rings (SSSR count). The number of hydrogen-bond donors (Lipinski definition) is 0. The summed E-state index contributed by atoms with van der Waals surface area (Å²) in [5.74, 6) is 0. The molecule has 42 heavy (non-hydrogen) atoms. The van der Waals surface area contributed by atoms with E-state index in [1.807, 2.05) is 109 Å². The maximum absolute atomic E-state index is 9.27. The Balaban J connectivity index is 1.35. The van der Waals surface area contributed by atoms with Crippen LogP contribution in [0.5, 0.6) is 0 Å². The van der Waals surface area contributed by atoms with Crippen LogP contribution in [0.15, 0.2) is 168 Å². The maximum atomic E-state index is 9.27. The first kappa shape index (κ1) is 16.6. The zero-order chi connectivity index (χ0) is 35.7. The summed E-state index contributed by atoms with van der Waals surface area (Å²) in [6.07, 6.45) is 0. The second-order valence-corrected chi connectivity index (χ2v) is 9.88. The fourth-order valence-electron chi connectivity index (χ4n) is 5.47. The lowest BCUT2D eigenvalue weighted by molar-refractivity contribution is 0.670. The first-order chi connectivity index (χ1) is 24.6. The van der Waals surface area contributed by atoms with Crippen LogP contribution in [0.3, 0.4) is 0 Å². The Morgan fingerprint density at radius 3 is 1.98 bits per heavy atom. The Labute approximate surface area is 257 Å². The molecular weight excluding hydrogens is 510 g/mol. The van der Waals surface area contributed by atoms with E-state index >= 15 is 0 Å². The van der Waals surface area contributed by atoms with E-state index in [9.17, 15) is 2.74 Å². The highest BCUT2D eigenvalue weighted by atomic mass is 16.3. The molecule has 0 aliphatic rings. The molecule has 0 radical (unpaired) electrons. The van der Waals surface area contributed by atoms with Crippen molar-refractivity contribution >= 4 is 49.8 Å². The highest BCUT2D eigenvalue weighted by Gasteiger charge is 2.17. The van der Waals surface area contributed by atoms with Gasteiger partial charge in [0.05, 0.1) is 18.0 Å². The molecule has 1 aromatic heterocycles. The van der Waals surface area contributed by atoms with E-state index in [0.717, 1.165) is 43.8 Å². The number of furan rings is 1. The molecule has 1 heterocycles. The summed E-state index contributed by atoms with van der Waals surface area (Å²) < 4.78 is 84.3. The van der Waals surface area contributed by atoms with Gasteiger partial charge in [0.15, 0.2) is 0 Å². The van der Waals surface area contributed by atoms with Crippen LogP contribution in [0.2, 0.25) is 0 Å². The van der Waals surface area contributed by atoms with Crippen molar-refractivity contribution in [2.75, 3.05) is 4.90 Å². The first-order valence-corrected chi connectivity index (χ1v) is 13.5. The summed E-state index contributed by atoms with van der Waals surface area (Å²) >= 11 is 0. The van der Waals surface area contributed by atoms with Crippen LogP contribution < -0.4 is 4.90 Å². The van der Waals surface area contributed by atoms with Gasteiger partial charge >= 0.3 is 0 Å². The average molecular weight is 547 g/mol. The molecule has 0 atom stereocenters. The SMILES string of the molecule is [2H]c1c([2H])c([2H])c(-c2c([2H])c([2H])c(N(c3ccc(-c4cccc5c4oc4ccccc45)cc3)c3cccc4ccccc34)c([2H])c2[2H])c([2H])c1[2H]. The van der Waals surface area contributed by atoms with Gasteiger partial charge in [-0.15, -0.1) is 0 Å². The molecule has 0 amide bonds. The highest BCUT2D eigenvalue weighted by Crippen LogP contribution is 2.41. The predicted molar refractivity (Wildman–Crippen MR) is 177 cm³/mol. The molecule has 198 valence electrons. The Kier molecular flexibility index (Phi) is 4.00. The largest absolute Gasteiger partial charge is 0.455 e. The van der Waals surface area contributed by atoms with E-state index in [0.29, 0.717) is 11.4 Å². The lowest BCUT2D eigenvalue weighted by Crippen LogP contribution is -2.10. The van der Waals surface area contributed by atoms with Crippen LogP contribution >= 0.6 is 0 Å². The molecule has 2 nitrogen and oxygen atoms in total. The number of rotatable bonds is 5. The molecular formula is C40H27NO. The van der Waals surface area contributed by atoms with Gasteiger partial charge in [0.25, 0.3) is 0 Å².